The van der Waals surface area contributed by atoms with E-state index in [0.717, 1.165) is 29.7 Å². The number of carbonyl (C=O) groups is 1. The summed E-state index contributed by atoms with van der Waals surface area (Å²) in [7, 11) is -2.15. The number of carbonyl (C=O) groups excluding carboxylic acids is 1. The van der Waals surface area contributed by atoms with E-state index in [1.54, 1.807) is 17.0 Å². The zero-order chi connectivity index (χ0) is 15.9. The summed E-state index contributed by atoms with van der Waals surface area (Å²) in [5.41, 5.74) is 2.64. The second-order valence-corrected chi connectivity index (χ2v) is 7.70. The molecule has 0 bridgehead atoms. The third kappa shape index (κ3) is 2.28. The molecule has 6 nitrogen and oxygen atoms in total. The zero-order valence-electron chi connectivity index (χ0n) is 12.4. The molecule has 1 aromatic rings. The van der Waals surface area contributed by atoms with Gasteiger partial charge in [0.2, 0.25) is 15.9 Å². The molecule has 0 N–H and O–H groups in total. The molecule has 0 radical (unpaired) electrons. The topological polar surface area (TPSA) is 81.5 Å². The number of aryl methyl sites for hydroxylation is 1. The summed E-state index contributed by atoms with van der Waals surface area (Å²) in [6.45, 7) is 0.878. The summed E-state index contributed by atoms with van der Waals surface area (Å²) in [4.78, 5) is 14.0. The van der Waals surface area contributed by atoms with Gasteiger partial charge in [-0.05, 0) is 36.1 Å². The lowest BCUT2D eigenvalue weighted by Crippen LogP contribution is -2.31. The third-order valence-electron chi connectivity index (χ3n) is 4.23. The first-order valence-corrected chi connectivity index (χ1v) is 8.68. The minimum Gasteiger partial charge on any atom is -0.312 e. The summed E-state index contributed by atoms with van der Waals surface area (Å²) >= 11 is 0. The molecule has 7 heteroatoms. The molecular formula is C15H17N3O3S. The van der Waals surface area contributed by atoms with Crippen molar-refractivity contribution >= 4 is 21.6 Å². The van der Waals surface area contributed by atoms with Crippen LogP contribution in [0.3, 0.4) is 0 Å². The maximum Gasteiger partial charge on any atom is 0.242 e. The average Bonchev–Trinajstić information content (AvgIpc) is 2.82. The Hall–Kier alpha value is -1.91. The maximum atomic E-state index is 12.6. The number of benzene rings is 1. The molecule has 0 spiro atoms. The molecule has 0 aromatic heterocycles. The monoisotopic (exact) mass is 319 g/mol. The number of sulfonamides is 1. The normalized spacial score (nSPS) is 16.8. The van der Waals surface area contributed by atoms with Gasteiger partial charge in [-0.1, -0.05) is 0 Å². The van der Waals surface area contributed by atoms with Gasteiger partial charge in [0, 0.05) is 26.6 Å². The molecule has 1 aromatic carbocycles. The van der Waals surface area contributed by atoms with E-state index in [1.165, 1.54) is 11.4 Å². The molecular weight excluding hydrogens is 302 g/mol. The standard InChI is InChI=1S/C15H17N3O3S/c1-17(6-3-5-16)22(20,21)13-8-11-4-2-7-18-14(19)10-12(9-13)15(11)18/h8-9H,2-4,6-7,10H2,1H3. The maximum absolute atomic E-state index is 12.6. The molecule has 0 saturated carbocycles. The Bertz CT molecular complexity index is 780. The van der Waals surface area contributed by atoms with E-state index in [1.807, 2.05) is 6.07 Å². The van der Waals surface area contributed by atoms with Crippen molar-refractivity contribution in [2.24, 2.45) is 0 Å². The molecule has 0 saturated heterocycles. The van der Waals surface area contributed by atoms with Crippen molar-refractivity contribution < 1.29 is 13.2 Å². The van der Waals surface area contributed by atoms with Crippen LogP contribution in [0.15, 0.2) is 17.0 Å². The van der Waals surface area contributed by atoms with Gasteiger partial charge in [0.25, 0.3) is 0 Å². The molecule has 1 amide bonds. The zero-order valence-corrected chi connectivity index (χ0v) is 13.2. The van der Waals surface area contributed by atoms with Crippen LogP contribution in [0.4, 0.5) is 5.69 Å². The van der Waals surface area contributed by atoms with Gasteiger partial charge < -0.3 is 4.90 Å². The summed E-state index contributed by atoms with van der Waals surface area (Å²) in [6, 6.07) is 5.24. The number of amides is 1. The summed E-state index contributed by atoms with van der Waals surface area (Å²) < 4.78 is 26.4. The third-order valence-corrected chi connectivity index (χ3v) is 6.06. The van der Waals surface area contributed by atoms with Crippen LogP contribution in [-0.2, 0) is 27.7 Å². The van der Waals surface area contributed by atoms with Gasteiger partial charge in [0.1, 0.15) is 0 Å². The van der Waals surface area contributed by atoms with Gasteiger partial charge in [0.15, 0.2) is 0 Å². The molecule has 22 heavy (non-hydrogen) atoms. The van der Waals surface area contributed by atoms with Gasteiger partial charge in [-0.3, -0.25) is 4.79 Å². The summed E-state index contributed by atoms with van der Waals surface area (Å²) in [5.74, 6) is 0.0448. The van der Waals surface area contributed by atoms with Crippen molar-refractivity contribution in [2.75, 3.05) is 25.0 Å². The van der Waals surface area contributed by atoms with E-state index < -0.39 is 10.0 Å². The number of hydrogen-bond acceptors (Lipinski definition) is 4. The lowest BCUT2D eigenvalue weighted by atomic mass is 10.0. The minimum atomic E-state index is -3.62. The Morgan fingerprint density at radius 1 is 1.36 bits per heavy atom. The summed E-state index contributed by atoms with van der Waals surface area (Å²) in [5, 5.41) is 8.61. The van der Waals surface area contributed by atoms with Crippen LogP contribution >= 0.6 is 0 Å². The highest BCUT2D eigenvalue weighted by molar-refractivity contribution is 7.89. The van der Waals surface area contributed by atoms with Gasteiger partial charge >= 0.3 is 0 Å². The highest BCUT2D eigenvalue weighted by Crippen LogP contribution is 2.38. The second kappa shape index (κ2) is 5.38. The van der Waals surface area contributed by atoms with Crippen LogP contribution in [-0.4, -0.2) is 38.8 Å². The number of nitriles is 1. The van der Waals surface area contributed by atoms with E-state index in [9.17, 15) is 13.2 Å². The van der Waals surface area contributed by atoms with Crippen LogP contribution in [0, 0.1) is 11.3 Å². The van der Waals surface area contributed by atoms with Gasteiger partial charge in [-0.15, -0.1) is 0 Å². The minimum absolute atomic E-state index is 0.0448. The summed E-state index contributed by atoms with van der Waals surface area (Å²) in [6.07, 6.45) is 2.07. The first-order chi connectivity index (χ1) is 10.4. The smallest absolute Gasteiger partial charge is 0.242 e. The Labute approximate surface area is 130 Å². The quantitative estimate of drug-likeness (QED) is 0.831. The van der Waals surface area contributed by atoms with Crippen LogP contribution in [0.5, 0.6) is 0 Å². The predicted octanol–water partition coefficient (Wildman–Crippen LogP) is 1.06. The number of rotatable bonds is 4. The van der Waals surface area contributed by atoms with Crippen molar-refractivity contribution in [3.05, 3.63) is 23.3 Å². The molecule has 0 fully saturated rings. The van der Waals surface area contributed by atoms with E-state index in [2.05, 4.69) is 0 Å². The Balaban J connectivity index is 2.03. The van der Waals surface area contributed by atoms with Gasteiger partial charge in [-0.25, -0.2) is 8.42 Å². The van der Waals surface area contributed by atoms with E-state index >= 15 is 0 Å². The fraction of sp³-hybridized carbons (Fsp3) is 0.467. The van der Waals surface area contributed by atoms with Crippen molar-refractivity contribution in [3.8, 4) is 6.07 Å². The molecule has 2 heterocycles. The molecule has 3 rings (SSSR count). The molecule has 116 valence electrons. The van der Waals surface area contributed by atoms with Gasteiger partial charge in [-0.2, -0.15) is 9.57 Å². The van der Waals surface area contributed by atoms with E-state index in [-0.39, 0.29) is 30.2 Å². The molecule has 0 atom stereocenters. The highest BCUT2D eigenvalue weighted by Gasteiger charge is 2.34. The first kappa shape index (κ1) is 15.0. The van der Waals surface area contributed by atoms with Crippen LogP contribution in [0.1, 0.15) is 24.0 Å². The Kier molecular flexibility index (Phi) is 3.67. The molecule has 0 aliphatic carbocycles. The largest absolute Gasteiger partial charge is 0.312 e. The SMILES string of the molecule is CN(CCC#N)S(=O)(=O)c1cc2c3c(c1)CC(=O)N3CCC2. The van der Waals surface area contributed by atoms with Crippen molar-refractivity contribution in [3.63, 3.8) is 0 Å². The highest BCUT2D eigenvalue weighted by atomic mass is 32.2. The van der Waals surface area contributed by atoms with Crippen molar-refractivity contribution in [2.45, 2.75) is 30.6 Å². The van der Waals surface area contributed by atoms with Crippen LogP contribution in [0.2, 0.25) is 0 Å². The second-order valence-electron chi connectivity index (χ2n) is 5.65. The fourth-order valence-electron chi connectivity index (χ4n) is 3.10. The lowest BCUT2D eigenvalue weighted by molar-refractivity contribution is -0.117. The number of nitrogens with zero attached hydrogens (tertiary/aromatic N) is 3. The first-order valence-electron chi connectivity index (χ1n) is 7.24. The van der Waals surface area contributed by atoms with Crippen LogP contribution in [0.25, 0.3) is 0 Å². The van der Waals surface area contributed by atoms with Crippen molar-refractivity contribution in [1.29, 1.82) is 5.26 Å². The van der Waals surface area contributed by atoms with Gasteiger partial charge in [0.05, 0.1) is 23.1 Å². The van der Waals surface area contributed by atoms with E-state index in [0.29, 0.717) is 6.54 Å². The fourth-order valence-corrected chi connectivity index (χ4v) is 4.38. The molecule has 2 aliphatic rings. The Morgan fingerprint density at radius 2 is 2.09 bits per heavy atom. The lowest BCUT2D eigenvalue weighted by Gasteiger charge is -2.26. The van der Waals surface area contributed by atoms with Crippen molar-refractivity contribution in [1.82, 2.24) is 4.31 Å². The van der Waals surface area contributed by atoms with Crippen LogP contribution < -0.4 is 4.90 Å². The van der Waals surface area contributed by atoms with E-state index in [4.69, 9.17) is 5.26 Å². The number of hydrogen-bond donors (Lipinski definition) is 0. The number of anilines is 1. The molecule has 0 unspecified atom stereocenters. The predicted molar refractivity (Wildman–Crippen MR) is 80.9 cm³/mol. The molecule has 2 aliphatic heterocycles. The Morgan fingerprint density at radius 3 is 2.82 bits per heavy atom. The average molecular weight is 319 g/mol.